The van der Waals surface area contributed by atoms with Crippen molar-refractivity contribution in [2.75, 3.05) is 13.1 Å². The average Bonchev–Trinajstić information content (AvgIpc) is 2.86. The van der Waals surface area contributed by atoms with Gasteiger partial charge < -0.3 is 5.32 Å². The molecule has 0 aromatic carbocycles. The SMILES string of the molecule is CCC1(C(=O)c2sccc2C)CCNC1. The van der Waals surface area contributed by atoms with Crippen LogP contribution < -0.4 is 5.32 Å². The second kappa shape index (κ2) is 4.06. The predicted molar refractivity (Wildman–Crippen MR) is 63.6 cm³/mol. The molecule has 1 atom stereocenters. The third-order valence-corrected chi connectivity index (χ3v) is 4.49. The molecule has 1 saturated heterocycles. The second-order valence-corrected chi connectivity index (χ2v) is 5.24. The maximum absolute atomic E-state index is 12.5. The lowest BCUT2D eigenvalue weighted by Crippen LogP contribution is -2.32. The molecule has 1 aromatic heterocycles. The van der Waals surface area contributed by atoms with Crippen LogP contribution in [-0.2, 0) is 0 Å². The van der Waals surface area contributed by atoms with Crippen LogP contribution >= 0.6 is 11.3 Å². The Hall–Kier alpha value is -0.670. The summed E-state index contributed by atoms with van der Waals surface area (Å²) in [5.74, 6) is 0.350. The highest BCUT2D eigenvalue weighted by Gasteiger charge is 2.40. The zero-order valence-corrected chi connectivity index (χ0v) is 10.1. The molecule has 82 valence electrons. The summed E-state index contributed by atoms with van der Waals surface area (Å²) in [5.41, 5.74) is 1.00. The van der Waals surface area contributed by atoms with E-state index in [4.69, 9.17) is 0 Å². The van der Waals surface area contributed by atoms with Gasteiger partial charge in [-0.15, -0.1) is 11.3 Å². The molecule has 0 amide bonds. The molecule has 1 aliphatic rings. The highest BCUT2D eigenvalue weighted by atomic mass is 32.1. The summed E-state index contributed by atoms with van der Waals surface area (Å²) in [4.78, 5) is 13.4. The van der Waals surface area contributed by atoms with Gasteiger partial charge in [-0.05, 0) is 43.3 Å². The molecule has 2 nitrogen and oxygen atoms in total. The van der Waals surface area contributed by atoms with Gasteiger partial charge in [0.15, 0.2) is 5.78 Å². The average molecular weight is 223 g/mol. The Balaban J connectivity index is 2.30. The number of nitrogens with one attached hydrogen (secondary N) is 1. The Morgan fingerprint density at radius 1 is 1.67 bits per heavy atom. The summed E-state index contributed by atoms with van der Waals surface area (Å²) >= 11 is 1.58. The number of ketones is 1. The smallest absolute Gasteiger partial charge is 0.180 e. The van der Waals surface area contributed by atoms with Crippen molar-refractivity contribution in [1.29, 1.82) is 0 Å². The van der Waals surface area contributed by atoms with Crippen LogP contribution in [0.5, 0.6) is 0 Å². The zero-order valence-electron chi connectivity index (χ0n) is 9.30. The summed E-state index contributed by atoms with van der Waals surface area (Å²) in [7, 11) is 0. The van der Waals surface area contributed by atoms with E-state index in [2.05, 4.69) is 12.2 Å². The van der Waals surface area contributed by atoms with E-state index in [1.807, 2.05) is 18.4 Å². The highest BCUT2D eigenvalue weighted by Crippen LogP contribution is 2.35. The zero-order chi connectivity index (χ0) is 10.9. The lowest BCUT2D eigenvalue weighted by Gasteiger charge is -2.24. The molecule has 2 rings (SSSR count). The van der Waals surface area contributed by atoms with Gasteiger partial charge in [0.1, 0.15) is 0 Å². The Labute approximate surface area is 94.7 Å². The molecule has 0 radical (unpaired) electrons. The monoisotopic (exact) mass is 223 g/mol. The van der Waals surface area contributed by atoms with E-state index in [0.29, 0.717) is 5.78 Å². The summed E-state index contributed by atoms with van der Waals surface area (Å²) in [6.07, 6.45) is 1.93. The number of Topliss-reactive ketones (excluding diaryl/α,β-unsaturated/α-hetero) is 1. The molecular formula is C12H17NOS. The van der Waals surface area contributed by atoms with Crippen LogP contribution in [0.3, 0.4) is 0 Å². The van der Waals surface area contributed by atoms with E-state index in [9.17, 15) is 4.79 Å². The molecule has 0 bridgehead atoms. The van der Waals surface area contributed by atoms with Gasteiger partial charge in [0.2, 0.25) is 0 Å². The summed E-state index contributed by atoms with van der Waals surface area (Å²) in [6, 6.07) is 2.03. The van der Waals surface area contributed by atoms with Crippen LogP contribution in [-0.4, -0.2) is 18.9 Å². The number of rotatable bonds is 3. The quantitative estimate of drug-likeness (QED) is 0.798. The van der Waals surface area contributed by atoms with Gasteiger partial charge in [-0.1, -0.05) is 6.92 Å². The topological polar surface area (TPSA) is 29.1 Å². The number of carbonyl (C=O) groups excluding carboxylic acids is 1. The highest BCUT2D eigenvalue weighted by molar-refractivity contribution is 7.12. The second-order valence-electron chi connectivity index (χ2n) is 4.32. The van der Waals surface area contributed by atoms with Gasteiger partial charge >= 0.3 is 0 Å². The molecule has 0 aliphatic carbocycles. The van der Waals surface area contributed by atoms with E-state index in [-0.39, 0.29) is 5.41 Å². The van der Waals surface area contributed by atoms with Crippen molar-refractivity contribution in [3.8, 4) is 0 Å². The molecule has 1 fully saturated rings. The molecular weight excluding hydrogens is 206 g/mol. The number of hydrogen-bond acceptors (Lipinski definition) is 3. The van der Waals surface area contributed by atoms with E-state index >= 15 is 0 Å². The third kappa shape index (κ3) is 1.74. The fourth-order valence-corrected chi connectivity index (χ4v) is 3.23. The molecule has 0 saturated carbocycles. The lowest BCUT2D eigenvalue weighted by molar-refractivity contribution is 0.0814. The Bertz CT molecular complexity index is 363. The fraction of sp³-hybridized carbons (Fsp3) is 0.583. The van der Waals surface area contributed by atoms with Gasteiger partial charge in [0.25, 0.3) is 0 Å². The normalized spacial score (nSPS) is 25.7. The first-order valence-corrected chi connectivity index (χ1v) is 6.37. The van der Waals surface area contributed by atoms with Crippen molar-refractivity contribution >= 4 is 17.1 Å². The van der Waals surface area contributed by atoms with Crippen molar-refractivity contribution in [2.24, 2.45) is 5.41 Å². The van der Waals surface area contributed by atoms with Crippen LogP contribution in [0.25, 0.3) is 0 Å². The first-order chi connectivity index (χ1) is 7.19. The maximum Gasteiger partial charge on any atom is 0.180 e. The summed E-state index contributed by atoms with van der Waals surface area (Å²) < 4.78 is 0. The van der Waals surface area contributed by atoms with Gasteiger partial charge in [-0.25, -0.2) is 0 Å². The molecule has 1 aromatic rings. The molecule has 2 heterocycles. The van der Waals surface area contributed by atoms with Crippen molar-refractivity contribution in [3.63, 3.8) is 0 Å². The van der Waals surface area contributed by atoms with Crippen LogP contribution in [0, 0.1) is 12.3 Å². The number of hydrogen-bond donors (Lipinski definition) is 1. The summed E-state index contributed by atoms with van der Waals surface area (Å²) in [6.45, 7) is 5.97. The Morgan fingerprint density at radius 3 is 2.93 bits per heavy atom. The minimum atomic E-state index is -0.129. The van der Waals surface area contributed by atoms with Gasteiger partial charge in [0, 0.05) is 12.0 Å². The number of thiophene rings is 1. The van der Waals surface area contributed by atoms with Crippen LogP contribution in [0.4, 0.5) is 0 Å². The maximum atomic E-state index is 12.5. The van der Waals surface area contributed by atoms with Gasteiger partial charge in [-0.2, -0.15) is 0 Å². The third-order valence-electron chi connectivity index (χ3n) is 3.47. The van der Waals surface area contributed by atoms with Crippen molar-refractivity contribution in [2.45, 2.75) is 26.7 Å². The first-order valence-electron chi connectivity index (χ1n) is 5.49. The number of carbonyl (C=O) groups is 1. The lowest BCUT2D eigenvalue weighted by atomic mass is 9.79. The minimum absolute atomic E-state index is 0.129. The van der Waals surface area contributed by atoms with E-state index in [0.717, 1.165) is 36.4 Å². The minimum Gasteiger partial charge on any atom is -0.316 e. The van der Waals surface area contributed by atoms with Gasteiger partial charge in [-0.3, -0.25) is 4.79 Å². The van der Waals surface area contributed by atoms with E-state index in [1.54, 1.807) is 11.3 Å². The molecule has 1 unspecified atom stereocenters. The van der Waals surface area contributed by atoms with Crippen molar-refractivity contribution in [1.82, 2.24) is 5.32 Å². The molecule has 3 heteroatoms. The summed E-state index contributed by atoms with van der Waals surface area (Å²) in [5, 5.41) is 5.32. The molecule has 1 aliphatic heterocycles. The van der Waals surface area contributed by atoms with E-state index in [1.165, 1.54) is 0 Å². The van der Waals surface area contributed by atoms with Crippen LogP contribution in [0.1, 0.15) is 35.0 Å². The molecule has 15 heavy (non-hydrogen) atoms. The van der Waals surface area contributed by atoms with Crippen molar-refractivity contribution in [3.05, 3.63) is 21.9 Å². The molecule has 1 N–H and O–H groups in total. The largest absolute Gasteiger partial charge is 0.316 e. The fourth-order valence-electron chi connectivity index (χ4n) is 2.25. The van der Waals surface area contributed by atoms with Crippen LogP contribution in [0.2, 0.25) is 0 Å². The van der Waals surface area contributed by atoms with Gasteiger partial charge in [0.05, 0.1) is 4.88 Å². The number of aryl methyl sites for hydroxylation is 1. The Kier molecular flexibility index (Phi) is 2.94. The van der Waals surface area contributed by atoms with Crippen LogP contribution in [0.15, 0.2) is 11.4 Å². The standard InChI is InChI=1S/C12H17NOS/c1-3-12(5-6-13-8-12)11(14)10-9(2)4-7-15-10/h4,7,13H,3,5-6,8H2,1-2H3. The van der Waals surface area contributed by atoms with E-state index < -0.39 is 0 Å². The Morgan fingerprint density at radius 2 is 2.47 bits per heavy atom. The molecule has 0 spiro atoms. The predicted octanol–water partition coefficient (Wildman–Crippen LogP) is 2.63. The first kappa shape index (κ1) is 10.8. The van der Waals surface area contributed by atoms with Crippen molar-refractivity contribution < 1.29 is 4.79 Å².